The molecule has 1 aromatic carbocycles. The summed E-state index contributed by atoms with van der Waals surface area (Å²) in [7, 11) is 1.71. The Bertz CT molecular complexity index is 675. The number of rotatable bonds is 3. The van der Waals surface area contributed by atoms with E-state index in [1.807, 2.05) is 24.3 Å². The Labute approximate surface area is 123 Å². The number of benzene rings is 1. The molecule has 0 aliphatic heterocycles. The smallest absolute Gasteiger partial charge is 0.257 e. The van der Waals surface area contributed by atoms with Crippen LogP contribution in [0.1, 0.15) is 21.5 Å². The summed E-state index contributed by atoms with van der Waals surface area (Å²) >= 11 is 0. The molecule has 0 fully saturated rings. The van der Waals surface area contributed by atoms with Gasteiger partial charge in [-0.2, -0.15) is 0 Å². The molecular weight excluding hydrogens is 266 g/mol. The second-order valence-electron chi connectivity index (χ2n) is 4.41. The predicted molar refractivity (Wildman–Crippen MR) is 78.2 cm³/mol. The number of carbonyl (C=O) groups excluding carboxylic acids is 1. The van der Waals surface area contributed by atoms with Gasteiger partial charge in [-0.15, -0.1) is 0 Å². The Balaban J connectivity index is 2.16. The van der Waals surface area contributed by atoms with Gasteiger partial charge >= 0.3 is 0 Å². The van der Waals surface area contributed by atoms with E-state index in [0.717, 1.165) is 11.1 Å². The second-order valence-corrected chi connectivity index (χ2v) is 4.41. The third-order valence-electron chi connectivity index (χ3n) is 2.88. The molecule has 5 nitrogen and oxygen atoms in total. The molecule has 0 bridgehead atoms. The molecule has 21 heavy (non-hydrogen) atoms. The van der Waals surface area contributed by atoms with Crippen molar-refractivity contribution in [2.24, 2.45) is 0 Å². The van der Waals surface area contributed by atoms with Crippen LogP contribution in [0.5, 0.6) is 0 Å². The highest BCUT2D eigenvalue weighted by molar-refractivity contribution is 5.93. The fraction of sp³-hybridized carbons (Fsp3) is 0.188. The van der Waals surface area contributed by atoms with Crippen molar-refractivity contribution in [1.82, 2.24) is 14.9 Å². The maximum absolute atomic E-state index is 12.2. The number of nitrogens with zero attached hydrogens (tertiary/aromatic N) is 3. The summed E-state index contributed by atoms with van der Waals surface area (Å²) in [6, 6.07) is 7.54. The molecule has 1 aromatic heterocycles. The van der Waals surface area contributed by atoms with Gasteiger partial charge in [0.15, 0.2) is 0 Å². The Kier molecular flexibility index (Phi) is 5.02. The van der Waals surface area contributed by atoms with E-state index < -0.39 is 0 Å². The Morgan fingerprint density at radius 2 is 2.00 bits per heavy atom. The summed E-state index contributed by atoms with van der Waals surface area (Å²) in [5.74, 6) is 5.35. The maximum Gasteiger partial charge on any atom is 0.257 e. The standard InChI is InChI=1S/C16H15N3O2/c1-19(16(21)15-9-17-12-18-10-15)11-14-6-3-2-5-13(14)7-4-8-20/h2-3,5-6,9-10,12,20H,8,11H2,1H3. The molecule has 0 aliphatic carbocycles. The molecule has 1 heterocycles. The van der Waals surface area contributed by atoms with Gasteiger partial charge in [-0.25, -0.2) is 9.97 Å². The fourth-order valence-electron chi connectivity index (χ4n) is 1.87. The Morgan fingerprint density at radius 1 is 1.29 bits per heavy atom. The quantitative estimate of drug-likeness (QED) is 0.855. The van der Waals surface area contributed by atoms with Crippen LogP contribution in [0.25, 0.3) is 0 Å². The van der Waals surface area contributed by atoms with Gasteiger partial charge in [-0.3, -0.25) is 4.79 Å². The van der Waals surface area contributed by atoms with Gasteiger partial charge in [-0.05, 0) is 11.6 Å². The van der Waals surface area contributed by atoms with Crippen LogP contribution in [0.15, 0.2) is 43.0 Å². The van der Waals surface area contributed by atoms with Crippen molar-refractivity contribution in [3.8, 4) is 11.8 Å². The van der Waals surface area contributed by atoms with E-state index in [-0.39, 0.29) is 12.5 Å². The van der Waals surface area contributed by atoms with Gasteiger partial charge in [0.25, 0.3) is 5.91 Å². The summed E-state index contributed by atoms with van der Waals surface area (Å²) in [5.41, 5.74) is 2.17. The summed E-state index contributed by atoms with van der Waals surface area (Å²) in [6.45, 7) is 0.231. The zero-order valence-electron chi connectivity index (χ0n) is 11.7. The number of hydrogen-bond acceptors (Lipinski definition) is 4. The summed E-state index contributed by atoms with van der Waals surface area (Å²) < 4.78 is 0. The average molecular weight is 281 g/mol. The van der Waals surface area contributed by atoms with Crippen LogP contribution in [-0.4, -0.2) is 39.5 Å². The minimum Gasteiger partial charge on any atom is -0.384 e. The number of aliphatic hydroxyl groups is 1. The lowest BCUT2D eigenvalue weighted by Gasteiger charge is -2.17. The minimum atomic E-state index is -0.190. The van der Waals surface area contributed by atoms with E-state index in [1.165, 1.54) is 18.7 Å². The molecular formula is C16H15N3O2. The second kappa shape index (κ2) is 7.17. The molecule has 0 saturated carbocycles. The highest BCUT2D eigenvalue weighted by Crippen LogP contribution is 2.11. The van der Waals surface area contributed by atoms with Crippen LogP contribution >= 0.6 is 0 Å². The van der Waals surface area contributed by atoms with Crippen LogP contribution in [0.4, 0.5) is 0 Å². The zero-order chi connectivity index (χ0) is 15.1. The Morgan fingerprint density at radius 3 is 2.71 bits per heavy atom. The molecule has 0 spiro atoms. The van der Waals surface area contributed by atoms with Crippen molar-refractivity contribution in [1.29, 1.82) is 0 Å². The maximum atomic E-state index is 12.2. The Hall–Kier alpha value is -2.71. The van der Waals surface area contributed by atoms with Crippen LogP contribution < -0.4 is 0 Å². The fourth-order valence-corrected chi connectivity index (χ4v) is 1.87. The van der Waals surface area contributed by atoms with Gasteiger partial charge in [0.1, 0.15) is 12.9 Å². The van der Waals surface area contributed by atoms with E-state index in [1.54, 1.807) is 11.9 Å². The number of aliphatic hydroxyl groups excluding tert-OH is 1. The zero-order valence-corrected chi connectivity index (χ0v) is 11.7. The summed E-state index contributed by atoms with van der Waals surface area (Å²) in [4.78, 5) is 21.5. The van der Waals surface area contributed by atoms with Crippen LogP contribution in [-0.2, 0) is 6.54 Å². The van der Waals surface area contributed by atoms with Crippen LogP contribution in [0, 0.1) is 11.8 Å². The largest absolute Gasteiger partial charge is 0.384 e. The summed E-state index contributed by atoms with van der Waals surface area (Å²) in [5, 5.41) is 8.79. The molecule has 106 valence electrons. The normalized spacial score (nSPS) is 9.62. The molecule has 0 radical (unpaired) electrons. The molecule has 1 amide bonds. The number of aromatic nitrogens is 2. The van der Waals surface area contributed by atoms with Gasteiger partial charge in [-0.1, -0.05) is 30.0 Å². The third kappa shape index (κ3) is 3.88. The molecule has 0 unspecified atom stereocenters. The first-order chi connectivity index (χ1) is 10.2. The molecule has 0 atom stereocenters. The molecule has 2 rings (SSSR count). The molecule has 0 aliphatic rings. The molecule has 0 saturated heterocycles. The molecule has 5 heteroatoms. The van der Waals surface area contributed by atoms with Crippen molar-refractivity contribution in [3.05, 3.63) is 59.7 Å². The number of amides is 1. The first-order valence-corrected chi connectivity index (χ1v) is 6.40. The van der Waals surface area contributed by atoms with E-state index in [0.29, 0.717) is 12.1 Å². The average Bonchev–Trinajstić information content (AvgIpc) is 2.54. The lowest BCUT2D eigenvalue weighted by Crippen LogP contribution is -2.26. The van der Waals surface area contributed by atoms with E-state index in [2.05, 4.69) is 21.8 Å². The van der Waals surface area contributed by atoms with E-state index >= 15 is 0 Å². The van der Waals surface area contributed by atoms with Gasteiger partial charge in [0.2, 0.25) is 0 Å². The van der Waals surface area contributed by atoms with Crippen LogP contribution in [0.3, 0.4) is 0 Å². The third-order valence-corrected chi connectivity index (χ3v) is 2.88. The number of carbonyl (C=O) groups is 1. The summed E-state index contributed by atoms with van der Waals surface area (Å²) in [6.07, 6.45) is 4.36. The number of hydrogen-bond donors (Lipinski definition) is 1. The SMILES string of the molecule is CN(Cc1ccccc1C#CCO)C(=O)c1cncnc1. The molecule has 2 aromatic rings. The first-order valence-electron chi connectivity index (χ1n) is 6.40. The van der Waals surface area contributed by atoms with E-state index in [9.17, 15) is 4.79 Å². The van der Waals surface area contributed by atoms with Crippen molar-refractivity contribution < 1.29 is 9.90 Å². The molecule has 1 N–H and O–H groups in total. The van der Waals surface area contributed by atoms with Gasteiger partial charge in [0.05, 0.1) is 5.56 Å². The predicted octanol–water partition coefficient (Wildman–Crippen LogP) is 1.09. The highest BCUT2D eigenvalue weighted by atomic mass is 16.2. The first kappa shape index (κ1) is 14.7. The minimum absolute atomic E-state index is 0.152. The lowest BCUT2D eigenvalue weighted by atomic mass is 10.1. The topological polar surface area (TPSA) is 66.3 Å². The lowest BCUT2D eigenvalue weighted by molar-refractivity contribution is 0.0784. The van der Waals surface area contributed by atoms with Crippen molar-refractivity contribution in [2.45, 2.75) is 6.54 Å². The highest BCUT2D eigenvalue weighted by Gasteiger charge is 2.13. The van der Waals surface area contributed by atoms with E-state index in [4.69, 9.17) is 5.11 Å². The van der Waals surface area contributed by atoms with Crippen molar-refractivity contribution >= 4 is 5.91 Å². The van der Waals surface area contributed by atoms with Crippen molar-refractivity contribution in [3.63, 3.8) is 0 Å². The van der Waals surface area contributed by atoms with Gasteiger partial charge in [0, 0.05) is 31.5 Å². The van der Waals surface area contributed by atoms with Crippen LogP contribution in [0.2, 0.25) is 0 Å². The van der Waals surface area contributed by atoms with Gasteiger partial charge < -0.3 is 10.0 Å². The monoisotopic (exact) mass is 281 g/mol. The van der Waals surface area contributed by atoms with Crippen molar-refractivity contribution in [2.75, 3.05) is 13.7 Å².